The third kappa shape index (κ3) is 3.05. The lowest BCUT2D eigenvalue weighted by atomic mass is 10.3. The van der Waals surface area contributed by atoms with E-state index in [4.69, 9.17) is 15.2 Å². The van der Waals surface area contributed by atoms with Crippen LogP contribution in [0.5, 0.6) is 5.75 Å². The number of ether oxygens (including phenoxy) is 2. The lowest BCUT2D eigenvalue weighted by Gasteiger charge is -2.23. The van der Waals surface area contributed by atoms with E-state index in [1.54, 1.807) is 0 Å². The predicted molar refractivity (Wildman–Crippen MR) is 74.5 cm³/mol. The van der Waals surface area contributed by atoms with Gasteiger partial charge in [0.25, 0.3) is 0 Å². The van der Waals surface area contributed by atoms with Crippen LogP contribution < -0.4 is 15.4 Å². The van der Waals surface area contributed by atoms with Crippen LogP contribution in [0.4, 0.5) is 10.8 Å². The van der Waals surface area contributed by atoms with Gasteiger partial charge in [0, 0.05) is 19.7 Å². The normalized spacial score (nSPS) is 21.1. The smallest absolute Gasteiger partial charge is 0.198 e. The highest BCUT2D eigenvalue weighted by atomic mass is 32.1. The van der Waals surface area contributed by atoms with E-state index in [0.29, 0.717) is 5.82 Å². The van der Waals surface area contributed by atoms with E-state index in [9.17, 15) is 0 Å². The van der Waals surface area contributed by atoms with E-state index in [0.717, 1.165) is 36.9 Å². The zero-order chi connectivity index (χ0) is 13.1. The summed E-state index contributed by atoms with van der Waals surface area (Å²) in [5.41, 5.74) is 5.89. The van der Waals surface area contributed by atoms with Crippen LogP contribution in [0.25, 0.3) is 0 Å². The summed E-state index contributed by atoms with van der Waals surface area (Å²) in [6, 6.07) is 0. The summed E-state index contributed by atoms with van der Waals surface area (Å²) in [7, 11) is 0. The van der Waals surface area contributed by atoms with Crippen molar-refractivity contribution in [1.29, 1.82) is 0 Å². The molecule has 0 saturated carbocycles. The number of hydrogen-bond donors (Lipinski definition) is 1. The molecule has 1 aromatic heterocycles. The molecule has 1 saturated heterocycles. The molecule has 1 aromatic rings. The first-order valence-electron chi connectivity index (χ1n) is 6.36. The monoisotopic (exact) mass is 271 g/mol. The number of hydrogen-bond acceptors (Lipinski definition) is 6. The minimum Gasteiger partial charge on any atom is -0.484 e. The standard InChI is InChI=1S/C12H21N3O2S/c1-8(2)17-10-11(13)14-18-12(10)15-5-4-6-16-9(3)7-15/h8-9H,4-7H2,1-3H3,(H2,13,14). The van der Waals surface area contributed by atoms with Crippen molar-refractivity contribution in [2.45, 2.75) is 39.4 Å². The fourth-order valence-electron chi connectivity index (χ4n) is 2.01. The Kier molecular flexibility index (Phi) is 4.29. The van der Waals surface area contributed by atoms with Gasteiger partial charge in [0.2, 0.25) is 0 Å². The molecule has 0 amide bonds. The topological polar surface area (TPSA) is 60.6 Å². The molecule has 1 aliphatic heterocycles. The summed E-state index contributed by atoms with van der Waals surface area (Å²) >= 11 is 1.41. The minimum absolute atomic E-state index is 0.100. The van der Waals surface area contributed by atoms with Crippen LogP contribution in [-0.2, 0) is 4.74 Å². The highest BCUT2D eigenvalue weighted by molar-refractivity contribution is 7.11. The van der Waals surface area contributed by atoms with Crippen LogP contribution in [0.15, 0.2) is 0 Å². The summed E-state index contributed by atoms with van der Waals surface area (Å²) in [5.74, 6) is 1.21. The SMILES string of the molecule is CC(C)Oc1c(N)nsc1N1CCCOC(C)C1. The second-order valence-electron chi connectivity index (χ2n) is 4.85. The molecule has 2 N–H and O–H groups in total. The first kappa shape index (κ1) is 13.4. The fraction of sp³-hybridized carbons (Fsp3) is 0.750. The van der Waals surface area contributed by atoms with Crippen LogP contribution in [0.3, 0.4) is 0 Å². The van der Waals surface area contributed by atoms with Crippen molar-refractivity contribution in [3.8, 4) is 5.75 Å². The van der Waals surface area contributed by atoms with Gasteiger partial charge >= 0.3 is 0 Å². The second-order valence-corrected chi connectivity index (χ2v) is 5.60. The molecule has 1 atom stereocenters. The maximum atomic E-state index is 5.89. The first-order chi connectivity index (χ1) is 8.58. The highest BCUT2D eigenvalue weighted by Crippen LogP contribution is 2.39. The third-order valence-electron chi connectivity index (χ3n) is 2.75. The number of anilines is 2. The molecule has 2 rings (SSSR count). The lowest BCUT2D eigenvalue weighted by Crippen LogP contribution is -2.30. The van der Waals surface area contributed by atoms with Crippen LogP contribution in [-0.4, -0.2) is 36.3 Å². The van der Waals surface area contributed by atoms with Crippen molar-refractivity contribution >= 4 is 22.4 Å². The Hall–Kier alpha value is -1.01. The molecule has 0 radical (unpaired) electrons. The molecule has 0 spiro atoms. The molecule has 6 heteroatoms. The quantitative estimate of drug-likeness (QED) is 0.912. The number of nitrogens with two attached hydrogens (primary N) is 1. The molecule has 0 bridgehead atoms. The van der Waals surface area contributed by atoms with E-state index in [1.807, 2.05) is 13.8 Å². The van der Waals surface area contributed by atoms with Crippen molar-refractivity contribution < 1.29 is 9.47 Å². The molecule has 1 aliphatic rings. The van der Waals surface area contributed by atoms with Crippen LogP contribution in [0.2, 0.25) is 0 Å². The Morgan fingerprint density at radius 3 is 3.06 bits per heavy atom. The van der Waals surface area contributed by atoms with E-state index < -0.39 is 0 Å². The van der Waals surface area contributed by atoms with E-state index in [2.05, 4.69) is 16.2 Å². The molecule has 0 aliphatic carbocycles. The van der Waals surface area contributed by atoms with Gasteiger partial charge in [0.05, 0.1) is 12.2 Å². The third-order valence-corrected chi connectivity index (χ3v) is 3.65. The Labute approximate surface area is 112 Å². The summed E-state index contributed by atoms with van der Waals surface area (Å²) in [5, 5.41) is 1.03. The average Bonchev–Trinajstić information content (AvgIpc) is 2.52. The molecular formula is C12H21N3O2S. The van der Waals surface area contributed by atoms with E-state index >= 15 is 0 Å². The summed E-state index contributed by atoms with van der Waals surface area (Å²) in [6.45, 7) is 8.71. The van der Waals surface area contributed by atoms with Gasteiger partial charge in [-0.3, -0.25) is 0 Å². The Bertz CT molecular complexity index is 395. The average molecular weight is 271 g/mol. The zero-order valence-electron chi connectivity index (χ0n) is 11.2. The Balaban J connectivity index is 2.20. The molecule has 18 heavy (non-hydrogen) atoms. The number of nitrogen functional groups attached to an aromatic ring is 1. The minimum atomic E-state index is 0.100. The summed E-state index contributed by atoms with van der Waals surface area (Å²) in [4.78, 5) is 2.27. The van der Waals surface area contributed by atoms with Gasteiger partial charge in [-0.05, 0) is 38.7 Å². The molecular weight excluding hydrogens is 250 g/mol. The largest absolute Gasteiger partial charge is 0.484 e. The van der Waals surface area contributed by atoms with Gasteiger partial charge in [-0.25, -0.2) is 0 Å². The van der Waals surface area contributed by atoms with Crippen LogP contribution >= 0.6 is 11.5 Å². The molecule has 2 heterocycles. The lowest BCUT2D eigenvalue weighted by molar-refractivity contribution is 0.0821. The van der Waals surface area contributed by atoms with E-state index in [-0.39, 0.29) is 12.2 Å². The first-order valence-corrected chi connectivity index (χ1v) is 7.13. The van der Waals surface area contributed by atoms with Gasteiger partial charge in [-0.2, -0.15) is 4.37 Å². The van der Waals surface area contributed by atoms with Gasteiger partial charge in [0.1, 0.15) is 0 Å². The van der Waals surface area contributed by atoms with Gasteiger partial charge < -0.3 is 20.1 Å². The predicted octanol–water partition coefficient (Wildman–Crippen LogP) is 2.13. The maximum Gasteiger partial charge on any atom is 0.198 e. The van der Waals surface area contributed by atoms with Crippen LogP contribution in [0.1, 0.15) is 27.2 Å². The fourth-order valence-corrected chi connectivity index (χ4v) is 2.80. The van der Waals surface area contributed by atoms with Crippen molar-refractivity contribution in [1.82, 2.24) is 4.37 Å². The maximum absolute atomic E-state index is 5.89. The molecule has 102 valence electrons. The molecule has 5 nitrogen and oxygen atoms in total. The molecule has 1 fully saturated rings. The number of aromatic nitrogens is 1. The molecule has 0 aromatic carbocycles. The van der Waals surface area contributed by atoms with Crippen molar-refractivity contribution in [2.24, 2.45) is 0 Å². The van der Waals surface area contributed by atoms with E-state index in [1.165, 1.54) is 11.5 Å². The van der Waals surface area contributed by atoms with Gasteiger partial charge in [0.15, 0.2) is 16.6 Å². The zero-order valence-corrected chi connectivity index (χ0v) is 12.0. The number of nitrogens with zero attached hydrogens (tertiary/aromatic N) is 2. The van der Waals surface area contributed by atoms with Crippen molar-refractivity contribution in [3.05, 3.63) is 0 Å². The van der Waals surface area contributed by atoms with Crippen LogP contribution in [0, 0.1) is 0 Å². The number of rotatable bonds is 3. The molecule has 1 unspecified atom stereocenters. The van der Waals surface area contributed by atoms with Crippen molar-refractivity contribution in [3.63, 3.8) is 0 Å². The van der Waals surface area contributed by atoms with Crippen molar-refractivity contribution in [2.75, 3.05) is 30.3 Å². The van der Waals surface area contributed by atoms with Gasteiger partial charge in [-0.1, -0.05) is 0 Å². The second kappa shape index (κ2) is 5.75. The highest BCUT2D eigenvalue weighted by Gasteiger charge is 2.23. The summed E-state index contributed by atoms with van der Waals surface area (Å²) in [6.07, 6.45) is 1.34. The Morgan fingerprint density at radius 2 is 2.33 bits per heavy atom. The summed E-state index contributed by atoms with van der Waals surface area (Å²) < 4.78 is 15.7. The Morgan fingerprint density at radius 1 is 1.56 bits per heavy atom. The van der Waals surface area contributed by atoms with Gasteiger partial charge in [-0.15, -0.1) is 0 Å².